The van der Waals surface area contributed by atoms with Crippen LogP contribution in [0, 0.1) is 4.91 Å². The predicted octanol–water partition coefficient (Wildman–Crippen LogP) is 1.33. The summed E-state index contributed by atoms with van der Waals surface area (Å²) in [6.07, 6.45) is 1.49. The van der Waals surface area contributed by atoms with Gasteiger partial charge < -0.3 is 0 Å². The molecule has 0 aromatic rings. The topological polar surface area (TPSA) is 29.4 Å². The van der Waals surface area contributed by atoms with Crippen LogP contribution in [0.5, 0.6) is 0 Å². The minimum atomic E-state index is -0.231. The maximum absolute atomic E-state index is 9.41. The third-order valence-corrected chi connectivity index (χ3v) is 0.507. The van der Waals surface area contributed by atoms with Crippen molar-refractivity contribution in [3.63, 3.8) is 0 Å². The maximum Gasteiger partial charge on any atom is 0.107 e. The number of hydrogen-bond donors (Lipinski definition) is 0. The Morgan fingerprint density at radius 3 is 2.50 bits per heavy atom. The second-order valence-corrected chi connectivity index (χ2v) is 1.08. The average Bonchev–Trinajstić information content (AvgIpc) is 1.65. The van der Waals surface area contributed by atoms with Crippen molar-refractivity contribution < 1.29 is 0 Å². The molecule has 0 amide bonds. The van der Waals surface area contributed by atoms with Crippen LogP contribution in [-0.4, -0.2) is 6.04 Å². The zero-order valence-electron chi connectivity index (χ0n) is 3.72. The highest BCUT2D eigenvalue weighted by molar-refractivity contribution is 4.79. The highest BCUT2D eigenvalue weighted by Crippen LogP contribution is 1.84. The number of nitrogens with zero attached hydrogens (tertiary/aromatic N) is 1. The molecule has 1 atom stereocenters. The van der Waals surface area contributed by atoms with Crippen LogP contribution >= 0.6 is 0 Å². The molecule has 0 bridgehead atoms. The highest BCUT2D eigenvalue weighted by Gasteiger charge is 1.85. The van der Waals surface area contributed by atoms with Gasteiger partial charge in [-0.15, -0.1) is 6.58 Å². The normalized spacial score (nSPS) is 12.8. The number of hydrogen-bond acceptors (Lipinski definition) is 2. The molecule has 34 valence electrons. The molecule has 0 unspecified atom stereocenters. The highest BCUT2D eigenvalue weighted by atomic mass is 16.3. The SMILES string of the molecule is C=C[C@@H](C)N=O. The smallest absolute Gasteiger partial charge is 0.107 e. The Labute approximate surface area is 36.8 Å². The van der Waals surface area contributed by atoms with E-state index in [9.17, 15) is 4.91 Å². The van der Waals surface area contributed by atoms with E-state index in [2.05, 4.69) is 11.8 Å². The molecule has 0 N–H and O–H groups in total. The summed E-state index contributed by atoms with van der Waals surface area (Å²) in [7, 11) is 0. The van der Waals surface area contributed by atoms with Crippen molar-refractivity contribution in [1.29, 1.82) is 0 Å². The van der Waals surface area contributed by atoms with E-state index in [1.165, 1.54) is 6.08 Å². The summed E-state index contributed by atoms with van der Waals surface area (Å²) in [6.45, 7) is 5.02. The molecule has 6 heavy (non-hydrogen) atoms. The van der Waals surface area contributed by atoms with Crippen LogP contribution in [0.1, 0.15) is 6.92 Å². The van der Waals surface area contributed by atoms with Gasteiger partial charge in [0.1, 0.15) is 6.04 Å². The van der Waals surface area contributed by atoms with E-state index in [0.29, 0.717) is 0 Å². The molecule has 0 aromatic heterocycles. The molecule has 0 heterocycles. The molecule has 0 radical (unpaired) electrons. The molecule has 0 aliphatic heterocycles. The van der Waals surface area contributed by atoms with E-state index in [1.54, 1.807) is 6.92 Å². The van der Waals surface area contributed by atoms with Crippen molar-refractivity contribution in [2.24, 2.45) is 5.18 Å². The fourth-order valence-corrected chi connectivity index (χ4v) is 0.0430. The lowest BCUT2D eigenvalue weighted by Crippen LogP contribution is -1.84. The van der Waals surface area contributed by atoms with Gasteiger partial charge in [0.15, 0.2) is 0 Å². The first kappa shape index (κ1) is 5.34. The van der Waals surface area contributed by atoms with Gasteiger partial charge in [0.05, 0.1) is 0 Å². The van der Waals surface area contributed by atoms with Crippen molar-refractivity contribution in [3.8, 4) is 0 Å². The molecule has 0 aliphatic carbocycles. The maximum atomic E-state index is 9.41. The molecule has 0 saturated carbocycles. The molecule has 0 aromatic carbocycles. The Morgan fingerprint density at radius 2 is 2.50 bits per heavy atom. The van der Waals surface area contributed by atoms with E-state index in [-0.39, 0.29) is 6.04 Å². The Balaban J connectivity index is 3.21. The fraction of sp³-hybridized carbons (Fsp3) is 0.500. The van der Waals surface area contributed by atoms with E-state index >= 15 is 0 Å². The molecule has 0 spiro atoms. The van der Waals surface area contributed by atoms with E-state index in [4.69, 9.17) is 0 Å². The molecule has 2 heteroatoms. The third kappa shape index (κ3) is 1.64. The average molecular weight is 85.1 g/mol. The fourth-order valence-electron chi connectivity index (χ4n) is 0.0430. The molecule has 0 saturated heterocycles. The van der Waals surface area contributed by atoms with Gasteiger partial charge in [-0.25, -0.2) is 0 Å². The van der Waals surface area contributed by atoms with Gasteiger partial charge in [-0.2, -0.15) is 4.91 Å². The second-order valence-electron chi connectivity index (χ2n) is 1.08. The van der Waals surface area contributed by atoms with Crippen LogP contribution in [0.2, 0.25) is 0 Å². The van der Waals surface area contributed by atoms with Crippen LogP contribution in [0.4, 0.5) is 0 Å². The lowest BCUT2D eigenvalue weighted by atomic mass is 10.4. The summed E-state index contributed by atoms with van der Waals surface area (Å²) in [6, 6.07) is -0.231. The van der Waals surface area contributed by atoms with Gasteiger partial charge in [0.25, 0.3) is 0 Å². The lowest BCUT2D eigenvalue weighted by Gasteiger charge is -1.82. The van der Waals surface area contributed by atoms with Crippen LogP contribution in [0.3, 0.4) is 0 Å². The van der Waals surface area contributed by atoms with E-state index in [1.807, 2.05) is 0 Å². The predicted molar refractivity (Wildman–Crippen MR) is 25.5 cm³/mol. The quantitative estimate of drug-likeness (QED) is 0.367. The standard InChI is InChI=1S/C4H7NO/c1-3-4(2)5-6/h3-4H,1H2,2H3/t4-/m1/s1. The van der Waals surface area contributed by atoms with Crippen molar-refractivity contribution in [2.75, 3.05) is 0 Å². The summed E-state index contributed by atoms with van der Waals surface area (Å²) in [5, 5.41) is 2.64. The Bertz CT molecular complexity index is 52.6. The van der Waals surface area contributed by atoms with Gasteiger partial charge in [-0.1, -0.05) is 11.3 Å². The van der Waals surface area contributed by atoms with E-state index < -0.39 is 0 Å². The molecule has 0 rings (SSSR count). The molecule has 0 aliphatic rings. The zero-order valence-corrected chi connectivity index (χ0v) is 3.72. The lowest BCUT2D eigenvalue weighted by molar-refractivity contribution is 0.919. The van der Waals surface area contributed by atoms with Crippen LogP contribution in [0.15, 0.2) is 17.8 Å². The van der Waals surface area contributed by atoms with Crippen molar-refractivity contribution in [3.05, 3.63) is 17.6 Å². The van der Waals surface area contributed by atoms with E-state index in [0.717, 1.165) is 0 Å². The van der Waals surface area contributed by atoms with Crippen LogP contribution in [-0.2, 0) is 0 Å². The van der Waals surface area contributed by atoms with Gasteiger partial charge >= 0.3 is 0 Å². The summed E-state index contributed by atoms with van der Waals surface area (Å²) in [4.78, 5) is 9.41. The first-order chi connectivity index (χ1) is 2.81. The van der Waals surface area contributed by atoms with Crippen molar-refractivity contribution in [2.45, 2.75) is 13.0 Å². The van der Waals surface area contributed by atoms with Gasteiger partial charge in [-0.3, -0.25) is 0 Å². The Kier molecular flexibility index (Phi) is 2.29. The molecule has 0 fully saturated rings. The molecular formula is C4H7NO. The summed E-state index contributed by atoms with van der Waals surface area (Å²) in [5.41, 5.74) is 0. The monoisotopic (exact) mass is 85.1 g/mol. The third-order valence-electron chi connectivity index (χ3n) is 0.507. The summed E-state index contributed by atoms with van der Waals surface area (Å²) in [5.74, 6) is 0. The van der Waals surface area contributed by atoms with Gasteiger partial charge in [-0.05, 0) is 6.92 Å². The van der Waals surface area contributed by atoms with Crippen molar-refractivity contribution in [1.82, 2.24) is 0 Å². The van der Waals surface area contributed by atoms with Crippen LogP contribution < -0.4 is 0 Å². The van der Waals surface area contributed by atoms with Gasteiger partial charge in [0, 0.05) is 0 Å². The largest absolute Gasteiger partial charge is 0.150 e. The summed E-state index contributed by atoms with van der Waals surface area (Å²) >= 11 is 0. The first-order valence-corrected chi connectivity index (χ1v) is 1.76. The van der Waals surface area contributed by atoms with Crippen LogP contribution in [0.25, 0.3) is 0 Å². The van der Waals surface area contributed by atoms with Gasteiger partial charge in [0.2, 0.25) is 0 Å². The minimum absolute atomic E-state index is 0.231. The summed E-state index contributed by atoms with van der Waals surface area (Å²) < 4.78 is 0. The molecular weight excluding hydrogens is 78.0 g/mol. The van der Waals surface area contributed by atoms with Crippen molar-refractivity contribution >= 4 is 0 Å². The Morgan fingerprint density at radius 1 is 2.00 bits per heavy atom. The number of nitroso groups, excluding NO2 is 1. The number of rotatable bonds is 2. The zero-order chi connectivity index (χ0) is 4.99. The second kappa shape index (κ2) is 2.57. The Hall–Kier alpha value is -0.660. The first-order valence-electron chi connectivity index (χ1n) is 1.76. The molecule has 2 nitrogen and oxygen atoms in total. The minimum Gasteiger partial charge on any atom is -0.150 e.